The maximum absolute atomic E-state index is 11.0. The molecule has 0 aromatic carbocycles. The summed E-state index contributed by atoms with van der Waals surface area (Å²) in [6.45, 7) is 0. The fraction of sp³-hybridized carbons (Fsp3) is 0.143. The van der Waals surface area contributed by atoms with E-state index < -0.39 is 0 Å². The maximum atomic E-state index is 11.0. The lowest BCUT2D eigenvalue weighted by Crippen LogP contribution is -2.16. The molecule has 0 saturated carbocycles. The zero-order valence-electron chi connectivity index (χ0n) is 5.15. The van der Waals surface area contributed by atoms with Crippen molar-refractivity contribution >= 4 is 22.6 Å². The van der Waals surface area contributed by atoms with Gasteiger partial charge in [-0.2, -0.15) is 0 Å². The van der Waals surface area contributed by atoms with Gasteiger partial charge in [0.15, 0.2) is 5.78 Å². The number of allylic oxidation sites excluding steroid dienone is 2. The summed E-state index contributed by atoms with van der Waals surface area (Å²) in [5.74, 6) is 0.0845. The van der Waals surface area contributed by atoms with Gasteiger partial charge in [-0.15, -0.1) is 0 Å². The molecule has 0 aromatic rings. The third kappa shape index (κ3) is 0.743. The van der Waals surface area contributed by atoms with Gasteiger partial charge in [0.05, 0.1) is 11.0 Å². The first-order chi connectivity index (χ1) is 4.88. The van der Waals surface area contributed by atoms with Crippen molar-refractivity contribution in [1.82, 2.24) is 0 Å². The van der Waals surface area contributed by atoms with Crippen LogP contribution in [0.1, 0.15) is 0 Å². The number of fused-ring (bicyclic) bond motifs is 1. The van der Waals surface area contributed by atoms with Gasteiger partial charge in [0.1, 0.15) is 0 Å². The molecule has 1 unspecified atom stereocenters. The molecule has 2 aliphatic rings. The quantitative estimate of drug-likeness (QED) is 0.523. The van der Waals surface area contributed by atoms with Crippen molar-refractivity contribution in [3.8, 4) is 0 Å². The van der Waals surface area contributed by atoms with Crippen LogP contribution in [0, 0.1) is 5.92 Å². The number of ketones is 1. The topological polar surface area (TPSA) is 29.4 Å². The molecule has 2 nitrogen and oxygen atoms in total. The molecule has 0 N–H and O–H groups in total. The predicted octanol–water partition coefficient (Wildman–Crippen LogP) is 1.36. The van der Waals surface area contributed by atoms with Gasteiger partial charge in [-0.3, -0.25) is 9.79 Å². The molecule has 0 spiro atoms. The number of carbonyl (C=O) groups is 1. The molecule has 0 saturated heterocycles. The third-order valence-electron chi connectivity index (χ3n) is 1.47. The summed E-state index contributed by atoms with van der Waals surface area (Å²) in [7, 11) is 0. The van der Waals surface area contributed by atoms with Crippen LogP contribution >= 0.6 is 11.8 Å². The van der Waals surface area contributed by atoms with E-state index in [1.807, 2.05) is 11.5 Å². The second-order valence-electron chi connectivity index (χ2n) is 2.11. The van der Waals surface area contributed by atoms with Gasteiger partial charge in [0.2, 0.25) is 0 Å². The Labute approximate surface area is 62.7 Å². The van der Waals surface area contributed by atoms with Crippen molar-refractivity contribution in [3.63, 3.8) is 0 Å². The first-order valence-corrected chi connectivity index (χ1v) is 3.87. The smallest absolute Gasteiger partial charge is 0.170 e. The number of thioether (sulfide) groups is 1. The van der Waals surface area contributed by atoms with Gasteiger partial charge in [0, 0.05) is 12.3 Å². The number of aliphatic imine (C=N–C) groups is 1. The molecule has 1 atom stereocenters. The minimum atomic E-state index is -0.0602. The van der Waals surface area contributed by atoms with Gasteiger partial charge in [-0.25, -0.2) is 0 Å². The van der Waals surface area contributed by atoms with Crippen LogP contribution in [0.5, 0.6) is 0 Å². The van der Waals surface area contributed by atoms with E-state index in [1.165, 1.54) is 17.8 Å². The molecule has 0 bridgehead atoms. The Balaban J connectivity index is 2.40. The molecule has 10 heavy (non-hydrogen) atoms. The van der Waals surface area contributed by atoms with Crippen molar-refractivity contribution in [2.24, 2.45) is 10.9 Å². The van der Waals surface area contributed by atoms with Gasteiger partial charge in [-0.1, -0.05) is 17.8 Å². The lowest BCUT2D eigenvalue weighted by Gasteiger charge is -2.06. The van der Waals surface area contributed by atoms with E-state index in [0.717, 1.165) is 5.04 Å². The maximum Gasteiger partial charge on any atom is 0.170 e. The summed E-state index contributed by atoms with van der Waals surface area (Å²) in [6.07, 6.45) is 4.97. The van der Waals surface area contributed by atoms with Crippen LogP contribution in [-0.4, -0.2) is 10.8 Å². The normalized spacial score (nSPS) is 28.6. The molecule has 2 rings (SSSR count). The number of nitrogens with zero attached hydrogens (tertiary/aromatic N) is 1. The number of carbonyl (C=O) groups excluding carboxylic acids is 1. The molecule has 3 heteroatoms. The molecular formula is C7H5NOS. The zero-order chi connectivity index (χ0) is 6.97. The van der Waals surface area contributed by atoms with Crippen LogP contribution in [0.25, 0.3) is 0 Å². The summed E-state index contributed by atoms with van der Waals surface area (Å²) < 4.78 is 0. The fourth-order valence-corrected chi connectivity index (χ4v) is 1.80. The summed E-state index contributed by atoms with van der Waals surface area (Å²) in [4.78, 5) is 15.1. The van der Waals surface area contributed by atoms with E-state index in [4.69, 9.17) is 0 Å². The molecule has 0 amide bonds. The second-order valence-corrected chi connectivity index (χ2v) is 3.04. The predicted molar refractivity (Wildman–Crippen MR) is 41.8 cm³/mol. The van der Waals surface area contributed by atoms with Gasteiger partial charge in [-0.05, 0) is 5.41 Å². The van der Waals surface area contributed by atoms with Crippen molar-refractivity contribution in [1.29, 1.82) is 0 Å². The summed E-state index contributed by atoms with van der Waals surface area (Å²) in [6, 6.07) is 0. The lowest BCUT2D eigenvalue weighted by molar-refractivity contribution is -0.115. The van der Waals surface area contributed by atoms with Gasteiger partial charge >= 0.3 is 0 Å². The molecular weight excluding hydrogens is 146 g/mol. The average molecular weight is 151 g/mol. The Morgan fingerprint density at radius 2 is 2.50 bits per heavy atom. The standard InChI is InChI=1S/C7H5NOS/c9-6-1-3-8-7-5(6)2-4-10-7/h1-5H. The Bertz CT molecular complexity index is 265. The van der Waals surface area contributed by atoms with Crippen molar-refractivity contribution < 1.29 is 4.79 Å². The number of hydrogen-bond donors (Lipinski definition) is 0. The van der Waals surface area contributed by atoms with Crippen LogP contribution in [0.4, 0.5) is 0 Å². The summed E-state index contributed by atoms with van der Waals surface area (Å²) in [5, 5.41) is 2.82. The minimum absolute atomic E-state index is 0.0602. The average Bonchev–Trinajstić information content (AvgIpc) is 2.36. The number of rotatable bonds is 0. The van der Waals surface area contributed by atoms with E-state index in [9.17, 15) is 4.79 Å². The third-order valence-corrected chi connectivity index (χ3v) is 2.37. The molecule has 50 valence electrons. The molecule has 2 heterocycles. The minimum Gasteiger partial charge on any atom is -0.294 e. The highest BCUT2D eigenvalue weighted by atomic mass is 32.2. The molecule has 0 aliphatic carbocycles. The molecule has 0 fully saturated rings. The van der Waals surface area contributed by atoms with Gasteiger partial charge in [0.25, 0.3) is 0 Å². The van der Waals surface area contributed by atoms with E-state index in [1.54, 1.807) is 6.20 Å². The van der Waals surface area contributed by atoms with Crippen molar-refractivity contribution in [2.45, 2.75) is 0 Å². The highest BCUT2D eigenvalue weighted by molar-refractivity contribution is 8.16. The Hall–Kier alpha value is -0.830. The van der Waals surface area contributed by atoms with Crippen LogP contribution in [-0.2, 0) is 4.79 Å². The fourth-order valence-electron chi connectivity index (χ4n) is 0.958. The second kappa shape index (κ2) is 2.09. The van der Waals surface area contributed by atoms with E-state index in [-0.39, 0.29) is 11.7 Å². The van der Waals surface area contributed by atoms with Crippen LogP contribution in [0.2, 0.25) is 0 Å². The highest BCUT2D eigenvalue weighted by Crippen LogP contribution is 2.27. The van der Waals surface area contributed by atoms with Gasteiger partial charge < -0.3 is 0 Å². The monoisotopic (exact) mass is 151 g/mol. The van der Waals surface area contributed by atoms with Crippen molar-refractivity contribution in [2.75, 3.05) is 0 Å². The van der Waals surface area contributed by atoms with Crippen LogP contribution in [0.15, 0.2) is 28.8 Å². The molecule has 0 radical (unpaired) electrons. The van der Waals surface area contributed by atoms with E-state index >= 15 is 0 Å². The van der Waals surface area contributed by atoms with Crippen LogP contribution < -0.4 is 0 Å². The van der Waals surface area contributed by atoms with E-state index in [2.05, 4.69) is 4.99 Å². The first-order valence-electron chi connectivity index (χ1n) is 2.99. The lowest BCUT2D eigenvalue weighted by atomic mass is 10.0. The Morgan fingerprint density at radius 3 is 3.30 bits per heavy atom. The SMILES string of the molecule is O=C1C=CN=C2SC=CC12. The Morgan fingerprint density at radius 1 is 1.60 bits per heavy atom. The molecule has 2 aliphatic heterocycles. The summed E-state index contributed by atoms with van der Waals surface area (Å²) in [5.41, 5.74) is 0. The first kappa shape index (κ1) is 5.92. The molecule has 0 aromatic heterocycles. The zero-order valence-corrected chi connectivity index (χ0v) is 5.97. The number of hydrogen-bond acceptors (Lipinski definition) is 3. The Kier molecular flexibility index (Phi) is 1.24. The largest absolute Gasteiger partial charge is 0.294 e. The van der Waals surface area contributed by atoms with Crippen LogP contribution in [0.3, 0.4) is 0 Å². The van der Waals surface area contributed by atoms with Crippen molar-refractivity contribution in [3.05, 3.63) is 23.8 Å². The summed E-state index contributed by atoms with van der Waals surface area (Å²) >= 11 is 1.53. The highest BCUT2D eigenvalue weighted by Gasteiger charge is 2.25. The van der Waals surface area contributed by atoms with E-state index in [0.29, 0.717) is 0 Å².